The summed E-state index contributed by atoms with van der Waals surface area (Å²) in [6.45, 7) is 5.31. The van der Waals surface area contributed by atoms with Crippen molar-refractivity contribution in [1.29, 1.82) is 0 Å². The summed E-state index contributed by atoms with van der Waals surface area (Å²) in [6, 6.07) is 14.1. The van der Waals surface area contributed by atoms with Crippen molar-refractivity contribution in [1.82, 2.24) is 9.62 Å². The molecule has 0 saturated carbocycles. The fraction of sp³-hybridized carbons (Fsp3) is 0.409. The van der Waals surface area contributed by atoms with Crippen LogP contribution in [0.15, 0.2) is 53.4 Å². The maximum atomic E-state index is 12.8. The predicted molar refractivity (Wildman–Crippen MR) is 118 cm³/mol. The van der Waals surface area contributed by atoms with E-state index >= 15 is 0 Å². The molecular formula is C22H31N3O3S. The number of nitrogens with one attached hydrogen (secondary N) is 1. The van der Waals surface area contributed by atoms with E-state index in [2.05, 4.69) is 5.32 Å². The van der Waals surface area contributed by atoms with Gasteiger partial charge in [0.2, 0.25) is 10.0 Å². The summed E-state index contributed by atoms with van der Waals surface area (Å²) in [5, 5.41) is 2.87. The van der Waals surface area contributed by atoms with Crippen LogP contribution < -0.4 is 10.2 Å². The normalized spacial score (nSPS) is 11.5. The second-order valence-electron chi connectivity index (χ2n) is 7.17. The minimum atomic E-state index is -3.54. The summed E-state index contributed by atoms with van der Waals surface area (Å²) in [4.78, 5) is 14.6. The van der Waals surface area contributed by atoms with Gasteiger partial charge in [0.25, 0.3) is 5.91 Å². The molecule has 2 rings (SSSR count). The highest BCUT2D eigenvalue weighted by molar-refractivity contribution is 7.89. The summed E-state index contributed by atoms with van der Waals surface area (Å²) in [6.07, 6.45) is 1.52. The minimum absolute atomic E-state index is 0.218. The quantitative estimate of drug-likeness (QED) is 0.642. The third kappa shape index (κ3) is 6.05. The van der Waals surface area contributed by atoms with E-state index in [1.54, 1.807) is 12.1 Å². The van der Waals surface area contributed by atoms with E-state index < -0.39 is 10.0 Å². The summed E-state index contributed by atoms with van der Waals surface area (Å²) in [5.41, 5.74) is 2.53. The molecule has 0 aliphatic carbocycles. The highest BCUT2D eigenvalue weighted by atomic mass is 32.2. The first kappa shape index (κ1) is 22.9. The fourth-order valence-electron chi connectivity index (χ4n) is 2.97. The predicted octanol–water partition coefficient (Wildman–Crippen LogP) is 3.49. The van der Waals surface area contributed by atoms with Gasteiger partial charge in [-0.05, 0) is 54.8 Å². The van der Waals surface area contributed by atoms with Crippen molar-refractivity contribution in [2.75, 3.05) is 32.1 Å². The first-order valence-electron chi connectivity index (χ1n) is 9.94. The number of hydrogen-bond acceptors (Lipinski definition) is 4. The van der Waals surface area contributed by atoms with Crippen molar-refractivity contribution in [3.05, 3.63) is 59.7 Å². The van der Waals surface area contributed by atoms with Crippen LogP contribution in [0.25, 0.3) is 0 Å². The van der Waals surface area contributed by atoms with Crippen LogP contribution in [-0.2, 0) is 16.6 Å². The number of nitrogens with zero attached hydrogens (tertiary/aromatic N) is 2. The van der Waals surface area contributed by atoms with Gasteiger partial charge >= 0.3 is 0 Å². The van der Waals surface area contributed by atoms with Crippen molar-refractivity contribution in [2.45, 2.75) is 38.1 Å². The third-order valence-corrected chi connectivity index (χ3v) is 6.52. The smallest absolute Gasteiger partial charge is 0.251 e. The molecule has 0 heterocycles. The Morgan fingerprint density at radius 3 is 1.93 bits per heavy atom. The zero-order chi connectivity index (χ0) is 21.4. The molecule has 0 saturated heterocycles. The SMILES string of the molecule is CCCN(CCC)S(=O)(=O)c1ccc(C(=O)NCc2ccc(N(C)C)cc2)cc1. The molecule has 6 nitrogen and oxygen atoms in total. The lowest BCUT2D eigenvalue weighted by Gasteiger charge is -2.21. The van der Waals surface area contributed by atoms with Crippen LogP contribution in [0.2, 0.25) is 0 Å². The molecule has 0 aromatic heterocycles. The van der Waals surface area contributed by atoms with Gasteiger partial charge < -0.3 is 10.2 Å². The van der Waals surface area contributed by atoms with Crippen LogP contribution in [-0.4, -0.2) is 45.8 Å². The Morgan fingerprint density at radius 2 is 1.45 bits per heavy atom. The largest absolute Gasteiger partial charge is 0.378 e. The van der Waals surface area contributed by atoms with Crippen molar-refractivity contribution in [2.24, 2.45) is 0 Å². The van der Waals surface area contributed by atoms with Crippen LogP contribution >= 0.6 is 0 Å². The molecule has 0 radical (unpaired) electrons. The molecule has 0 spiro atoms. The maximum absolute atomic E-state index is 12.8. The van der Waals surface area contributed by atoms with Gasteiger partial charge in [-0.15, -0.1) is 0 Å². The van der Waals surface area contributed by atoms with Gasteiger partial charge in [0.1, 0.15) is 0 Å². The maximum Gasteiger partial charge on any atom is 0.251 e. The molecule has 0 fully saturated rings. The van der Waals surface area contributed by atoms with Crippen molar-refractivity contribution in [3.63, 3.8) is 0 Å². The molecule has 1 N–H and O–H groups in total. The molecule has 2 aromatic rings. The zero-order valence-corrected chi connectivity index (χ0v) is 18.5. The van der Waals surface area contributed by atoms with E-state index in [1.165, 1.54) is 16.4 Å². The number of amides is 1. The summed E-state index contributed by atoms with van der Waals surface area (Å²) in [7, 11) is 0.416. The number of anilines is 1. The molecule has 29 heavy (non-hydrogen) atoms. The number of sulfonamides is 1. The Labute approximate surface area is 174 Å². The second kappa shape index (κ2) is 10.4. The van der Waals surface area contributed by atoms with Crippen LogP contribution in [0.1, 0.15) is 42.6 Å². The third-order valence-electron chi connectivity index (χ3n) is 4.61. The summed E-state index contributed by atoms with van der Waals surface area (Å²) in [5.74, 6) is -0.232. The van der Waals surface area contributed by atoms with Crippen molar-refractivity contribution >= 4 is 21.6 Å². The van der Waals surface area contributed by atoms with E-state index in [0.29, 0.717) is 25.2 Å². The Hall–Kier alpha value is -2.38. The van der Waals surface area contributed by atoms with Gasteiger partial charge in [-0.2, -0.15) is 4.31 Å². The standard InChI is InChI=1S/C22H31N3O3S/c1-5-15-25(16-6-2)29(27,28)21-13-9-19(10-14-21)22(26)23-17-18-7-11-20(12-8-18)24(3)4/h7-14H,5-6,15-17H2,1-4H3,(H,23,26). The molecular weight excluding hydrogens is 386 g/mol. The summed E-state index contributed by atoms with van der Waals surface area (Å²) < 4.78 is 27.1. The topological polar surface area (TPSA) is 69.7 Å². The highest BCUT2D eigenvalue weighted by Gasteiger charge is 2.23. The Balaban J connectivity index is 2.04. The lowest BCUT2D eigenvalue weighted by atomic mass is 10.2. The van der Waals surface area contributed by atoms with E-state index in [4.69, 9.17) is 0 Å². The molecule has 158 valence electrons. The van der Waals surface area contributed by atoms with Gasteiger partial charge in [-0.1, -0.05) is 26.0 Å². The molecule has 0 aliphatic rings. The number of rotatable bonds is 10. The lowest BCUT2D eigenvalue weighted by Crippen LogP contribution is -2.32. The molecule has 0 atom stereocenters. The fourth-order valence-corrected chi connectivity index (χ4v) is 4.60. The molecule has 0 bridgehead atoms. The van der Waals surface area contributed by atoms with Gasteiger partial charge in [-0.3, -0.25) is 4.79 Å². The number of hydrogen-bond donors (Lipinski definition) is 1. The monoisotopic (exact) mass is 417 g/mol. The second-order valence-corrected chi connectivity index (χ2v) is 9.11. The first-order valence-corrected chi connectivity index (χ1v) is 11.4. The highest BCUT2D eigenvalue weighted by Crippen LogP contribution is 2.18. The van der Waals surface area contributed by atoms with Gasteiger partial charge in [0.15, 0.2) is 0 Å². The number of benzene rings is 2. The Bertz CT molecular complexity index is 886. The zero-order valence-electron chi connectivity index (χ0n) is 17.7. The van der Waals surface area contributed by atoms with Crippen LogP contribution in [0.5, 0.6) is 0 Å². The van der Waals surface area contributed by atoms with E-state index in [9.17, 15) is 13.2 Å². The molecule has 1 amide bonds. The first-order chi connectivity index (χ1) is 13.8. The van der Waals surface area contributed by atoms with Gasteiger partial charge in [0, 0.05) is 45.0 Å². The van der Waals surface area contributed by atoms with E-state index in [1.807, 2.05) is 57.1 Å². The van der Waals surface area contributed by atoms with Crippen LogP contribution in [0.3, 0.4) is 0 Å². The van der Waals surface area contributed by atoms with Crippen LogP contribution in [0, 0.1) is 0 Å². The number of carbonyl (C=O) groups is 1. The molecule has 0 aliphatic heterocycles. The molecule has 7 heteroatoms. The van der Waals surface area contributed by atoms with E-state index in [-0.39, 0.29) is 10.8 Å². The van der Waals surface area contributed by atoms with Gasteiger partial charge in [0.05, 0.1) is 4.90 Å². The summed E-state index contributed by atoms with van der Waals surface area (Å²) >= 11 is 0. The average molecular weight is 418 g/mol. The molecule has 0 unspecified atom stereocenters. The molecule has 2 aromatic carbocycles. The average Bonchev–Trinajstić information content (AvgIpc) is 2.72. The lowest BCUT2D eigenvalue weighted by molar-refractivity contribution is 0.0951. The van der Waals surface area contributed by atoms with Gasteiger partial charge in [-0.25, -0.2) is 8.42 Å². The minimum Gasteiger partial charge on any atom is -0.378 e. The van der Waals surface area contributed by atoms with E-state index in [0.717, 1.165) is 24.1 Å². The Kier molecular flexibility index (Phi) is 8.22. The van der Waals surface area contributed by atoms with Crippen LogP contribution in [0.4, 0.5) is 5.69 Å². The van der Waals surface area contributed by atoms with Crippen molar-refractivity contribution in [3.8, 4) is 0 Å². The Morgan fingerprint density at radius 1 is 0.897 bits per heavy atom. The van der Waals surface area contributed by atoms with Crippen molar-refractivity contribution < 1.29 is 13.2 Å². The number of carbonyl (C=O) groups excluding carboxylic acids is 1.